The number of nitrogens with zero attached hydrogens (tertiary/aromatic N) is 3. The van der Waals surface area contributed by atoms with Crippen molar-refractivity contribution in [2.24, 2.45) is 0 Å². The molecule has 6 heteroatoms. The Morgan fingerprint density at radius 2 is 2.14 bits per heavy atom. The van der Waals surface area contributed by atoms with Crippen LogP contribution in [0.15, 0.2) is 35.0 Å². The van der Waals surface area contributed by atoms with Crippen molar-refractivity contribution in [3.63, 3.8) is 0 Å². The van der Waals surface area contributed by atoms with Crippen LogP contribution in [-0.2, 0) is 11.2 Å². The molecule has 0 unspecified atom stereocenters. The van der Waals surface area contributed by atoms with Crippen molar-refractivity contribution in [1.82, 2.24) is 15.1 Å². The quantitative estimate of drug-likeness (QED) is 0.717. The second kappa shape index (κ2) is 5.88. The molecule has 0 aliphatic heterocycles. The third-order valence-corrected chi connectivity index (χ3v) is 3.15. The van der Waals surface area contributed by atoms with Gasteiger partial charge in [0.1, 0.15) is 5.75 Å². The van der Waals surface area contributed by atoms with Gasteiger partial charge in [-0.25, -0.2) is 0 Å². The summed E-state index contributed by atoms with van der Waals surface area (Å²) in [5, 5.41) is 4.94. The van der Waals surface area contributed by atoms with E-state index in [1.54, 1.807) is 20.4 Å². The van der Waals surface area contributed by atoms with Gasteiger partial charge in [-0.05, 0) is 12.1 Å². The molecule has 108 valence electrons. The standard InChI is InChI=1S/C15H15N3O3/c1-19-7-5-14-17-15(21-18-14)11-8-10-4-3-6-16-12(10)9-13(11)20-2/h3-4,6,8-9H,5,7H2,1-2H3. The average Bonchev–Trinajstić information content (AvgIpc) is 3.00. The van der Waals surface area contributed by atoms with Crippen molar-refractivity contribution in [1.29, 1.82) is 0 Å². The van der Waals surface area contributed by atoms with Gasteiger partial charge in [0.05, 0.1) is 24.8 Å². The molecule has 1 aromatic carbocycles. The van der Waals surface area contributed by atoms with E-state index < -0.39 is 0 Å². The molecule has 21 heavy (non-hydrogen) atoms. The number of methoxy groups -OCH3 is 2. The zero-order valence-electron chi connectivity index (χ0n) is 11.9. The van der Waals surface area contributed by atoms with Crippen LogP contribution in [0, 0.1) is 0 Å². The van der Waals surface area contributed by atoms with Crippen LogP contribution >= 0.6 is 0 Å². The average molecular weight is 285 g/mol. The number of ether oxygens (including phenoxy) is 2. The Bertz CT molecular complexity index is 755. The minimum atomic E-state index is 0.434. The van der Waals surface area contributed by atoms with Crippen LogP contribution in [0.5, 0.6) is 5.75 Å². The molecule has 0 N–H and O–H groups in total. The van der Waals surface area contributed by atoms with Crippen LogP contribution in [0.3, 0.4) is 0 Å². The zero-order chi connectivity index (χ0) is 14.7. The first-order valence-corrected chi connectivity index (χ1v) is 6.56. The lowest BCUT2D eigenvalue weighted by atomic mass is 10.1. The molecule has 0 spiro atoms. The van der Waals surface area contributed by atoms with Gasteiger partial charge in [0.2, 0.25) is 0 Å². The molecule has 0 amide bonds. The minimum absolute atomic E-state index is 0.434. The lowest BCUT2D eigenvalue weighted by molar-refractivity contribution is 0.199. The summed E-state index contributed by atoms with van der Waals surface area (Å²) in [5.41, 5.74) is 1.62. The smallest absolute Gasteiger partial charge is 0.261 e. The van der Waals surface area contributed by atoms with E-state index in [2.05, 4.69) is 15.1 Å². The van der Waals surface area contributed by atoms with E-state index in [4.69, 9.17) is 14.0 Å². The number of pyridine rings is 1. The van der Waals surface area contributed by atoms with Gasteiger partial charge >= 0.3 is 0 Å². The largest absolute Gasteiger partial charge is 0.496 e. The third kappa shape index (κ3) is 2.71. The fourth-order valence-electron chi connectivity index (χ4n) is 2.10. The molecule has 0 bridgehead atoms. The van der Waals surface area contributed by atoms with Gasteiger partial charge in [-0.1, -0.05) is 11.2 Å². The number of fused-ring (bicyclic) bond motifs is 1. The van der Waals surface area contributed by atoms with Crippen LogP contribution < -0.4 is 4.74 Å². The lowest BCUT2D eigenvalue weighted by Gasteiger charge is -2.06. The second-order valence-electron chi connectivity index (χ2n) is 4.51. The fourth-order valence-corrected chi connectivity index (χ4v) is 2.10. The van der Waals surface area contributed by atoms with Crippen LogP contribution in [0.1, 0.15) is 5.82 Å². The highest BCUT2D eigenvalue weighted by atomic mass is 16.5. The maximum absolute atomic E-state index is 5.41. The zero-order valence-corrected chi connectivity index (χ0v) is 11.9. The monoisotopic (exact) mass is 285 g/mol. The first-order chi connectivity index (χ1) is 10.3. The highest BCUT2D eigenvalue weighted by Gasteiger charge is 2.15. The maximum atomic E-state index is 5.41. The molecule has 2 aromatic heterocycles. The Kier molecular flexibility index (Phi) is 3.79. The summed E-state index contributed by atoms with van der Waals surface area (Å²) in [5.74, 6) is 1.70. The summed E-state index contributed by atoms with van der Waals surface area (Å²) < 4.78 is 15.7. The van der Waals surface area contributed by atoms with Gasteiger partial charge < -0.3 is 14.0 Å². The molecule has 0 aliphatic rings. The van der Waals surface area contributed by atoms with Gasteiger partial charge in [-0.15, -0.1) is 0 Å². The van der Waals surface area contributed by atoms with E-state index in [1.165, 1.54) is 0 Å². The summed E-state index contributed by atoms with van der Waals surface area (Å²) in [6.07, 6.45) is 2.36. The van der Waals surface area contributed by atoms with Crippen LogP contribution in [0.4, 0.5) is 0 Å². The topological polar surface area (TPSA) is 70.3 Å². The van der Waals surface area contributed by atoms with E-state index >= 15 is 0 Å². The van der Waals surface area contributed by atoms with E-state index in [0.29, 0.717) is 30.5 Å². The molecule has 0 saturated heterocycles. The van der Waals surface area contributed by atoms with Crippen molar-refractivity contribution >= 4 is 10.9 Å². The van der Waals surface area contributed by atoms with Gasteiger partial charge in [-0.3, -0.25) is 4.98 Å². The molecular formula is C15H15N3O3. The molecule has 0 atom stereocenters. The number of rotatable bonds is 5. The van der Waals surface area contributed by atoms with Gasteiger partial charge in [-0.2, -0.15) is 4.98 Å². The molecule has 2 heterocycles. The number of hydrogen-bond acceptors (Lipinski definition) is 6. The van der Waals surface area contributed by atoms with Crippen LogP contribution in [-0.4, -0.2) is 36.0 Å². The highest BCUT2D eigenvalue weighted by molar-refractivity contribution is 5.86. The number of hydrogen-bond donors (Lipinski definition) is 0. The minimum Gasteiger partial charge on any atom is -0.496 e. The summed E-state index contributed by atoms with van der Waals surface area (Å²) in [4.78, 5) is 8.68. The van der Waals surface area contributed by atoms with Gasteiger partial charge in [0.25, 0.3) is 5.89 Å². The number of benzene rings is 1. The van der Waals surface area contributed by atoms with Crippen molar-refractivity contribution in [2.75, 3.05) is 20.8 Å². The van der Waals surface area contributed by atoms with E-state index in [9.17, 15) is 0 Å². The third-order valence-electron chi connectivity index (χ3n) is 3.15. The van der Waals surface area contributed by atoms with E-state index in [0.717, 1.165) is 16.5 Å². The Morgan fingerprint density at radius 3 is 2.95 bits per heavy atom. The van der Waals surface area contributed by atoms with Crippen LogP contribution in [0.25, 0.3) is 22.4 Å². The second-order valence-corrected chi connectivity index (χ2v) is 4.51. The molecule has 0 aliphatic carbocycles. The molecule has 3 aromatic rings. The molecule has 0 fully saturated rings. The van der Waals surface area contributed by atoms with Crippen LogP contribution in [0.2, 0.25) is 0 Å². The first-order valence-electron chi connectivity index (χ1n) is 6.56. The summed E-state index contributed by atoms with van der Waals surface area (Å²) in [6.45, 7) is 0.553. The predicted octanol–water partition coefficient (Wildman–Crippen LogP) is 2.48. The van der Waals surface area contributed by atoms with Gasteiger partial charge in [0, 0.05) is 31.2 Å². The molecule has 0 saturated carbocycles. The van der Waals surface area contributed by atoms with Crippen molar-refractivity contribution in [2.45, 2.75) is 6.42 Å². The highest BCUT2D eigenvalue weighted by Crippen LogP contribution is 2.32. The van der Waals surface area contributed by atoms with Crippen molar-refractivity contribution < 1.29 is 14.0 Å². The first kappa shape index (κ1) is 13.5. The van der Waals surface area contributed by atoms with Gasteiger partial charge in [0.15, 0.2) is 5.82 Å². The van der Waals surface area contributed by atoms with Crippen molar-refractivity contribution in [3.8, 4) is 17.2 Å². The maximum Gasteiger partial charge on any atom is 0.261 e. The SMILES string of the molecule is COCCc1noc(-c2cc3cccnc3cc2OC)n1. The fraction of sp³-hybridized carbons (Fsp3) is 0.267. The van der Waals surface area contributed by atoms with E-state index in [-0.39, 0.29) is 0 Å². The normalized spacial score (nSPS) is 11.0. The molecule has 0 radical (unpaired) electrons. The molecular weight excluding hydrogens is 270 g/mol. The Balaban J connectivity index is 2.03. The molecule has 6 nitrogen and oxygen atoms in total. The molecule has 3 rings (SSSR count). The summed E-state index contributed by atoms with van der Waals surface area (Å²) in [6, 6.07) is 7.67. The number of aromatic nitrogens is 3. The Labute approximate surface area is 121 Å². The lowest BCUT2D eigenvalue weighted by Crippen LogP contribution is -1.96. The Morgan fingerprint density at radius 1 is 1.24 bits per heavy atom. The summed E-state index contributed by atoms with van der Waals surface area (Å²) in [7, 11) is 3.25. The van der Waals surface area contributed by atoms with Crippen molar-refractivity contribution in [3.05, 3.63) is 36.3 Å². The Hall–Kier alpha value is -2.47. The summed E-state index contributed by atoms with van der Waals surface area (Å²) >= 11 is 0. The predicted molar refractivity (Wildman–Crippen MR) is 77.2 cm³/mol. The van der Waals surface area contributed by atoms with E-state index in [1.807, 2.05) is 24.3 Å².